The minimum Gasteiger partial charge on any atom is -0.370 e. The maximum Gasteiger partial charge on any atom is 0.231 e. The quantitative estimate of drug-likeness (QED) is 0.394. The third-order valence-corrected chi connectivity index (χ3v) is 7.76. The highest BCUT2D eigenvalue weighted by Gasteiger charge is 2.28. The molecule has 2 aromatic rings. The van der Waals surface area contributed by atoms with Crippen molar-refractivity contribution in [1.82, 2.24) is 0 Å². The summed E-state index contributed by atoms with van der Waals surface area (Å²) in [5, 5.41) is 0. The molecule has 4 heteroatoms. The van der Waals surface area contributed by atoms with E-state index in [4.69, 9.17) is 5.73 Å². The van der Waals surface area contributed by atoms with Gasteiger partial charge in [-0.3, -0.25) is 14.5 Å². The summed E-state index contributed by atoms with van der Waals surface area (Å²) in [7, 11) is 0. The number of amides is 2. The fraction of sp³-hybridized carbons (Fsp3) is 0.533. The van der Waals surface area contributed by atoms with E-state index < -0.39 is 0 Å². The molecule has 0 aliphatic heterocycles. The zero-order valence-electron chi connectivity index (χ0n) is 20.5. The first-order valence-electron chi connectivity index (χ1n) is 13.4. The van der Waals surface area contributed by atoms with Crippen LogP contribution in [0.15, 0.2) is 48.5 Å². The zero-order chi connectivity index (χ0) is 23.8. The fourth-order valence-electron chi connectivity index (χ4n) is 5.99. The van der Waals surface area contributed by atoms with Crippen molar-refractivity contribution >= 4 is 23.2 Å². The number of anilines is 2. The SMILES string of the molecule is NC(=O)CCCCC(=O)N(c1ccccc1C1CCCCC1)c1ccccc1C1CCCCC1. The van der Waals surface area contributed by atoms with Crippen LogP contribution >= 0.6 is 0 Å². The molecule has 0 spiro atoms. The Labute approximate surface area is 204 Å². The number of rotatable bonds is 9. The number of nitrogens with zero attached hydrogens (tertiary/aromatic N) is 1. The Morgan fingerprint density at radius 1 is 0.676 bits per heavy atom. The van der Waals surface area contributed by atoms with Crippen molar-refractivity contribution in [2.75, 3.05) is 4.90 Å². The third-order valence-electron chi connectivity index (χ3n) is 7.76. The van der Waals surface area contributed by atoms with Crippen LogP contribution in [-0.4, -0.2) is 11.8 Å². The second kappa shape index (κ2) is 12.2. The van der Waals surface area contributed by atoms with Gasteiger partial charge in [-0.05, 0) is 73.6 Å². The topological polar surface area (TPSA) is 63.4 Å². The number of unbranched alkanes of at least 4 members (excludes halogenated alkanes) is 1. The Kier molecular flexibility index (Phi) is 8.79. The molecule has 0 bridgehead atoms. The van der Waals surface area contributed by atoms with Crippen LogP contribution in [0, 0.1) is 0 Å². The number of carbonyl (C=O) groups excluding carboxylic acids is 2. The van der Waals surface area contributed by atoms with Crippen LogP contribution < -0.4 is 10.6 Å². The summed E-state index contributed by atoms with van der Waals surface area (Å²) in [6.07, 6.45) is 14.6. The molecule has 182 valence electrons. The van der Waals surface area contributed by atoms with E-state index in [0.717, 1.165) is 11.4 Å². The lowest BCUT2D eigenvalue weighted by atomic mass is 9.82. The van der Waals surface area contributed by atoms with Crippen molar-refractivity contribution in [1.29, 1.82) is 0 Å². The average molecular weight is 461 g/mol. The average Bonchev–Trinajstić information content (AvgIpc) is 2.88. The summed E-state index contributed by atoms with van der Waals surface area (Å²) >= 11 is 0. The first-order chi connectivity index (χ1) is 16.6. The summed E-state index contributed by atoms with van der Waals surface area (Å²) in [5.74, 6) is 0.847. The van der Waals surface area contributed by atoms with Gasteiger partial charge in [-0.25, -0.2) is 0 Å². The first kappa shape index (κ1) is 24.5. The smallest absolute Gasteiger partial charge is 0.231 e. The van der Waals surface area contributed by atoms with Crippen molar-refractivity contribution in [3.63, 3.8) is 0 Å². The Bertz CT molecular complexity index is 896. The van der Waals surface area contributed by atoms with Gasteiger partial charge in [0.1, 0.15) is 0 Å². The van der Waals surface area contributed by atoms with Crippen LogP contribution in [0.3, 0.4) is 0 Å². The summed E-state index contributed by atoms with van der Waals surface area (Å²) in [6.45, 7) is 0. The van der Waals surface area contributed by atoms with Crippen LogP contribution in [0.2, 0.25) is 0 Å². The Balaban J connectivity index is 1.71. The Hall–Kier alpha value is -2.62. The number of benzene rings is 2. The molecule has 4 rings (SSSR count). The van der Waals surface area contributed by atoms with Gasteiger partial charge in [0.2, 0.25) is 11.8 Å². The molecule has 2 N–H and O–H groups in total. The van der Waals surface area contributed by atoms with Gasteiger partial charge in [-0.1, -0.05) is 74.9 Å². The van der Waals surface area contributed by atoms with Gasteiger partial charge in [0.25, 0.3) is 0 Å². The van der Waals surface area contributed by atoms with E-state index in [1.54, 1.807) is 0 Å². The first-order valence-corrected chi connectivity index (χ1v) is 13.4. The van der Waals surface area contributed by atoms with Crippen molar-refractivity contribution in [3.8, 4) is 0 Å². The lowest BCUT2D eigenvalue weighted by molar-refractivity contribution is -0.119. The molecule has 0 saturated heterocycles. The number of para-hydroxylation sites is 2. The number of nitrogens with two attached hydrogens (primary N) is 1. The van der Waals surface area contributed by atoms with Gasteiger partial charge in [0.15, 0.2) is 0 Å². The van der Waals surface area contributed by atoms with E-state index in [0.29, 0.717) is 37.5 Å². The van der Waals surface area contributed by atoms with Crippen LogP contribution in [0.4, 0.5) is 11.4 Å². The molecule has 2 aromatic carbocycles. The Morgan fingerprint density at radius 2 is 1.12 bits per heavy atom. The van der Waals surface area contributed by atoms with Gasteiger partial charge in [-0.15, -0.1) is 0 Å². The van der Waals surface area contributed by atoms with E-state index >= 15 is 0 Å². The second-order valence-corrected chi connectivity index (χ2v) is 10.2. The molecule has 0 heterocycles. The van der Waals surface area contributed by atoms with E-state index in [2.05, 4.69) is 48.5 Å². The maximum absolute atomic E-state index is 13.9. The van der Waals surface area contributed by atoms with Crippen LogP contribution in [-0.2, 0) is 9.59 Å². The largest absolute Gasteiger partial charge is 0.370 e. The van der Waals surface area contributed by atoms with Gasteiger partial charge in [-0.2, -0.15) is 0 Å². The molecule has 2 fully saturated rings. The summed E-state index contributed by atoms with van der Waals surface area (Å²) in [6, 6.07) is 17.1. The predicted octanol–water partition coefficient (Wildman–Crippen LogP) is 7.49. The molecule has 0 unspecified atom stereocenters. The van der Waals surface area contributed by atoms with E-state index in [9.17, 15) is 9.59 Å². The molecule has 2 aliphatic rings. The lowest BCUT2D eigenvalue weighted by Gasteiger charge is -2.33. The standard InChI is InChI=1S/C30H40N2O2/c31-29(33)21-11-12-22-30(34)32(27-19-9-7-17-25(27)23-13-3-1-4-14-23)28-20-10-8-18-26(28)24-15-5-2-6-16-24/h7-10,17-20,23-24H,1-6,11-16,21-22H2,(H2,31,33). The van der Waals surface area contributed by atoms with Crippen LogP contribution in [0.25, 0.3) is 0 Å². The minimum absolute atomic E-state index is 0.121. The zero-order valence-corrected chi connectivity index (χ0v) is 20.5. The fourth-order valence-corrected chi connectivity index (χ4v) is 5.99. The minimum atomic E-state index is -0.297. The summed E-state index contributed by atoms with van der Waals surface area (Å²) < 4.78 is 0. The molecule has 0 radical (unpaired) electrons. The summed E-state index contributed by atoms with van der Waals surface area (Å²) in [5.41, 5.74) is 10.1. The van der Waals surface area contributed by atoms with E-state index in [-0.39, 0.29) is 11.8 Å². The molecule has 34 heavy (non-hydrogen) atoms. The van der Waals surface area contributed by atoms with Crippen LogP contribution in [0.5, 0.6) is 0 Å². The van der Waals surface area contributed by atoms with Gasteiger partial charge in [0.05, 0.1) is 11.4 Å². The molecule has 4 nitrogen and oxygen atoms in total. The molecule has 0 aromatic heterocycles. The van der Waals surface area contributed by atoms with E-state index in [1.165, 1.54) is 75.3 Å². The van der Waals surface area contributed by atoms with Crippen molar-refractivity contribution in [3.05, 3.63) is 59.7 Å². The van der Waals surface area contributed by atoms with E-state index in [1.807, 2.05) is 4.90 Å². The highest BCUT2D eigenvalue weighted by molar-refractivity contribution is 6.02. The van der Waals surface area contributed by atoms with Crippen LogP contribution in [0.1, 0.15) is 113 Å². The third kappa shape index (κ3) is 6.08. The van der Waals surface area contributed by atoms with Gasteiger partial charge >= 0.3 is 0 Å². The molecular formula is C30H40N2O2. The number of carbonyl (C=O) groups is 2. The molecule has 2 amide bonds. The number of hydrogen-bond donors (Lipinski definition) is 1. The highest BCUT2D eigenvalue weighted by Crippen LogP contribution is 2.44. The van der Waals surface area contributed by atoms with Crippen molar-refractivity contribution in [2.24, 2.45) is 5.73 Å². The Morgan fingerprint density at radius 3 is 1.59 bits per heavy atom. The normalized spacial score (nSPS) is 17.4. The molecule has 2 saturated carbocycles. The second-order valence-electron chi connectivity index (χ2n) is 10.2. The highest BCUT2D eigenvalue weighted by atomic mass is 16.2. The summed E-state index contributed by atoms with van der Waals surface area (Å²) in [4.78, 5) is 27.1. The number of primary amides is 1. The van der Waals surface area contributed by atoms with Crippen molar-refractivity contribution in [2.45, 2.75) is 102 Å². The van der Waals surface area contributed by atoms with Crippen molar-refractivity contribution < 1.29 is 9.59 Å². The lowest BCUT2D eigenvalue weighted by Crippen LogP contribution is -2.29. The monoisotopic (exact) mass is 460 g/mol. The van der Waals surface area contributed by atoms with Gasteiger partial charge in [0, 0.05) is 12.8 Å². The molecule has 0 atom stereocenters. The molecular weight excluding hydrogens is 420 g/mol. The number of hydrogen-bond acceptors (Lipinski definition) is 2. The molecule has 2 aliphatic carbocycles. The predicted molar refractivity (Wildman–Crippen MR) is 139 cm³/mol. The van der Waals surface area contributed by atoms with Gasteiger partial charge < -0.3 is 5.73 Å². The maximum atomic E-state index is 13.9.